The predicted molar refractivity (Wildman–Crippen MR) is 99.4 cm³/mol. The third-order valence-electron chi connectivity index (χ3n) is 3.78. The number of anilines is 1. The number of hydrogen-bond donors (Lipinski definition) is 2. The van der Waals surface area contributed by atoms with E-state index in [1.165, 1.54) is 0 Å². The molecule has 1 aromatic rings. The summed E-state index contributed by atoms with van der Waals surface area (Å²) in [6.07, 6.45) is 1.72. The zero-order chi connectivity index (χ0) is 17.9. The van der Waals surface area contributed by atoms with E-state index in [2.05, 4.69) is 15.6 Å². The minimum Gasteiger partial charge on any atom is -0.482 e. The third-order valence-corrected chi connectivity index (χ3v) is 3.78. The molecule has 0 bridgehead atoms. The van der Waals surface area contributed by atoms with Crippen LogP contribution in [0.3, 0.4) is 0 Å². The lowest BCUT2D eigenvalue weighted by Gasteiger charge is -2.29. The van der Waals surface area contributed by atoms with Gasteiger partial charge in [0.15, 0.2) is 12.6 Å². The first-order valence-electron chi connectivity index (χ1n) is 8.79. The van der Waals surface area contributed by atoms with Crippen LogP contribution in [0.1, 0.15) is 19.8 Å². The molecule has 0 unspecified atom stereocenters. The molecular formula is C18H28N4O3. The molecule has 7 heteroatoms. The van der Waals surface area contributed by atoms with E-state index in [1.807, 2.05) is 31.2 Å². The first-order valence-corrected chi connectivity index (χ1v) is 8.79. The first-order chi connectivity index (χ1) is 12.3. The number of hydrogen-bond acceptors (Lipinski definition) is 4. The Balaban J connectivity index is 1.83. The molecule has 2 rings (SSSR count). The molecule has 2 N–H and O–H groups in total. The number of aliphatic imine (C=N–C) groups is 1. The van der Waals surface area contributed by atoms with Gasteiger partial charge in [0, 0.05) is 39.9 Å². The summed E-state index contributed by atoms with van der Waals surface area (Å²) >= 11 is 0. The molecule has 0 spiro atoms. The largest absolute Gasteiger partial charge is 0.482 e. The van der Waals surface area contributed by atoms with Crippen LogP contribution in [0.4, 0.5) is 5.69 Å². The molecule has 0 saturated heterocycles. The Kier molecular flexibility index (Phi) is 8.04. The summed E-state index contributed by atoms with van der Waals surface area (Å²) in [7, 11) is 1.70. The van der Waals surface area contributed by atoms with Gasteiger partial charge < -0.3 is 25.0 Å². The van der Waals surface area contributed by atoms with Gasteiger partial charge in [-0.05, 0) is 31.9 Å². The highest BCUT2D eigenvalue weighted by molar-refractivity contribution is 5.97. The molecule has 1 heterocycles. The van der Waals surface area contributed by atoms with Crippen molar-refractivity contribution in [1.29, 1.82) is 0 Å². The van der Waals surface area contributed by atoms with Crippen molar-refractivity contribution < 1.29 is 14.3 Å². The van der Waals surface area contributed by atoms with Gasteiger partial charge in [0.25, 0.3) is 5.91 Å². The van der Waals surface area contributed by atoms with Crippen LogP contribution in [0.5, 0.6) is 5.75 Å². The average Bonchev–Trinajstić information content (AvgIpc) is 2.63. The standard InChI is InChI=1S/C18H28N4O3/c1-3-19-18(21-11-7-13-24-2)20-10-6-12-22-15-8-4-5-9-16(15)25-14-17(22)23/h4-5,8-9H,3,6-7,10-14H2,1-2H3,(H2,19,20,21). The highest BCUT2D eigenvalue weighted by Gasteiger charge is 2.24. The molecule has 0 saturated carbocycles. The quantitative estimate of drug-likeness (QED) is 0.401. The van der Waals surface area contributed by atoms with E-state index in [9.17, 15) is 4.79 Å². The van der Waals surface area contributed by atoms with Crippen molar-refractivity contribution >= 4 is 17.6 Å². The monoisotopic (exact) mass is 348 g/mol. The SMILES string of the molecule is CCNC(=NCCCN1C(=O)COc2ccccc21)NCCCOC. The van der Waals surface area contributed by atoms with E-state index < -0.39 is 0 Å². The van der Waals surface area contributed by atoms with Crippen molar-refractivity contribution in [1.82, 2.24) is 10.6 Å². The van der Waals surface area contributed by atoms with Crippen LogP contribution < -0.4 is 20.3 Å². The molecule has 1 aliphatic heterocycles. The molecule has 7 nitrogen and oxygen atoms in total. The van der Waals surface area contributed by atoms with Crippen LogP contribution in [0.15, 0.2) is 29.3 Å². The van der Waals surface area contributed by atoms with Gasteiger partial charge in [-0.15, -0.1) is 0 Å². The van der Waals surface area contributed by atoms with E-state index in [-0.39, 0.29) is 12.5 Å². The summed E-state index contributed by atoms with van der Waals surface area (Å²) in [6, 6.07) is 7.63. The van der Waals surface area contributed by atoms with Crippen LogP contribution in [-0.2, 0) is 9.53 Å². The number of carbonyl (C=O) groups excluding carboxylic acids is 1. The Labute approximate surface area is 149 Å². The van der Waals surface area contributed by atoms with Gasteiger partial charge in [-0.1, -0.05) is 12.1 Å². The smallest absolute Gasteiger partial charge is 0.265 e. The number of amides is 1. The molecule has 1 aromatic carbocycles. The molecule has 138 valence electrons. The Morgan fingerprint density at radius 3 is 2.96 bits per heavy atom. The zero-order valence-electron chi connectivity index (χ0n) is 15.1. The number of nitrogens with zero attached hydrogens (tertiary/aromatic N) is 2. The van der Waals surface area contributed by atoms with Crippen LogP contribution in [0.25, 0.3) is 0 Å². The normalized spacial score (nSPS) is 14.1. The lowest BCUT2D eigenvalue weighted by atomic mass is 10.2. The highest BCUT2D eigenvalue weighted by Crippen LogP contribution is 2.31. The molecule has 1 aliphatic rings. The molecule has 0 radical (unpaired) electrons. The Bertz CT molecular complexity index is 577. The summed E-state index contributed by atoms with van der Waals surface area (Å²) in [5.41, 5.74) is 0.840. The van der Waals surface area contributed by atoms with Crippen molar-refractivity contribution in [3.63, 3.8) is 0 Å². The number of ether oxygens (including phenoxy) is 2. The minimum absolute atomic E-state index is 0.00715. The van der Waals surface area contributed by atoms with Crippen LogP contribution >= 0.6 is 0 Å². The van der Waals surface area contributed by atoms with Crippen molar-refractivity contribution in [2.75, 3.05) is 51.4 Å². The van der Waals surface area contributed by atoms with E-state index >= 15 is 0 Å². The molecule has 25 heavy (non-hydrogen) atoms. The summed E-state index contributed by atoms with van der Waals surface area (Å²) in [4.78, 5) is 18.5. The lowest BCUT2D eigenvalue weighted by Crippen LogP contribution is -2.40. The second-order valence-electron chi connectivity index (χ2n) is 5.69. The number of benzene rings is 1. The van der Waals surface area contributed by atoms with Gasteiger partial charge in [0.1, 0.15) is 5.75 Å². The van der Waals surface area contributed by atoms with Gasteiger partial charge in [0.2, 0.25) is 0 Å². The van der Waals surface area contributed by atoms with Gasteiger partial charge in [-0.2, -0.15) is 0 Å². The minimum atomic E-state index is -0.00715. The number of carbonyl (C=O) groups is 1. The first kappa shape index (κ1) is 19.1. The summed E-state index contributed by atoms with van der Waals surface area (Å²) in [6.45, 7) is 5.77. The van der Waals surface area contributed by atoms with E-state index in [4.69, 9.17) is 9.47 Å². The van der Waals surface area contributed by atoms with Gasteiger partial charge in [0.05, 0.1) is 5.69 Å². The zero-order valence-corrected chi connectivity index (χ0v) is 15.1. The van der Waals surface area contributed by atoms with Crippen molar-refractivity contribution in [3.05, 3.63) is 24.3 Å². The Morgan fingerprint density at radius 1 is 1.32 bits per heavy atom. The number of methoxy groups -OCH3 is 1. The molecular weight excluding hydrogens is 320 g/mol. The molecule has 0 aromatic heterocycles. The van der Waals surface area contributed by atoms with Crippen molar-refractivity contribution in [3.8, 4) is 5.75 Å². The van der Waals surface area contributed by atoms with Gasteiger partial charge in [-0.3, -0.25) is 9.79 Å². The van der Waals surface area contributed by atoms with Crippen LogP contribution in [0.2, 0.25) is 0 Å². The molecule has 1 amide bonds. The number of guanidine groups is 1. The highest BCUT2D eigenvalue weighted by atomic mass is 16.5. The Hall–Kier alpha value is -2.28. The maximum atomic E-state index is 12.1. The number of fused-ring (bicyclic) bond motifs is 1. The topological polar surface area (TPSA) is 75.2 Å². The van der Waals surface area contributed by atoms with Crippen molar-refractivity contribution in [2.45, 2.75) is 19.8 Å². The van der Waals surface area contributed by atoms with Gasteiger partial charge in [-0.25, -0.2) is 0 Å². The second-order valence-corrected chi connectivity index (χ2v) is 5.69. The number of nitrogens with one attached hydrogen (secondary N) is 2. The fraction of sp³-hybridized carbons (Fsp3) is 0.556. The fourth-order valence-electron chi connectivity index (χ4n) is 2.58. The van der Waals surface area contributed by atoms with Crippen LogP contribution in [-0.4, -0.2) is 58.4 Å². The van der Waals surface area contributed by atoms with E-state index in [1.54, 1.807) is 12.0 Å². The summed E-state index contributed by atoms with van der Waals surface area (Å²) in [5, 5.41) is 6.50. The van der Waals surface area contributed by atoms with Crippen molar-refractivity contribution in [2.24, 2.45) is 4.99 Å². The van der Waals surface area contributed by atoms with E-state index in [0.717, 1.165) is 49.9 Å². The number of rotatable bonds is 9. The maximum absolute atomic E-state index is 12.1. The summed E-state index contributed by atoms with van der Waals surface area (Å²) < 4.78 is 10.5. The average molecular weight is 348 g/mol. The second kappa shape index (κ2) is 10.6. The number of para-hydroxylation sites is 2. The predicted octanol–water partition coefficient (Wildman–Crippen LogP) is 1.39. The Morgan fingerprint density at radius 2 is 2.16 bits per heavy atom. The third kappa shape index (κ3) is 5.94. The van der Waals surface area contributed by atoms with E-state index in [0.29, 0.717) is 13.1 Å². The fourth-order valence-corrected chi connectivity index (χ4v) is 2.58. The molecule has 0 atom stereocenters. The van der Waals surface area contributed by atoms with Gasteiger partial charge >= 0.3 is 0 Å². The molecule has 0 aliphatic carbocycles. The lowest BCUT2D eigenvalue weighted by molar-refractivity contribution is -0.121. The molecule has 0 fully saturated rings. The summed E-state index contributed by atoms with van der Waals surface area (Å²) in [5.74, 6) is 1.55. The van der Waals surface area contributed by atoms with Crippen LogP contribution in [0, 0.1) is 0 Å². The maximum Gasteiger partial charge on any atom is 0.265 e.